The van der Waals surface area contributed by atoms with Gasteiger partial charge in [-0.25, -0.2) is 0 Å². The molecule has 1 heterocycles. The van der Waals surface area contributed by atoms with Crippen molar-refractivity contribution >= 4 is 17.5 Å². The van der Waals surface area contributed by atoms with E-state index in [1.54, 1.807) is 13.8 Å². The van der Waals surface area contributed by atoms with Gasteiger partial charge in [-0.15, -0.1) is 0 Å². The lowest BCUT2D eigenvalue weighted by atomic mass is 10.3. The van der Waals surface area contributed by atoms with E-state index in [4.69, 9.17) is 16.6 Å². The summed E-state index contributed by atoms with van der Waals surface area (Å²) in [5.41, 5.74) is 12.5. The smallest absolute Gasteiger partial charge is 0.248 e. The van der Waals surface area contributed by atoms with Gasteiger partial charge in [-0.3, -0.25) is 14.3 Å². The highest BCUT2D eigenvalue weighted by Gasteiger charge is 2.14. The lowest BCUT2D eigenvalue weighted by Crippen LogP contribution is -2.41. The molecule has 0 aliphatic heterocycles. The average molecular weight is 255 g/mol. The molecule has 0 fully saturated rings. The van der Waals surface area contributed by atoms with Gasteiger partial charge >= 0.3 is 0 Å². The number of carbonyl (C=O) groups excluding carboxylic acids is 2. The molecule has 18 heavy (non-hydrogen) atoms. The van der Waals surface area contributed by atoms with Gasteiger partial charge in [0.2, 0.25) is 11.8 Å². The van der Waals surface area contributed by atoms with Gasteiger partial charge in [0, 0.05) is 0 Å². The predicted molar refractivity (Wildman–Crippen MR) is 64.3 cm³/mol. The van der Waals surface area contributed by atoms with E-state index in [2.05, 4.69) is 10.4 Å². The van der Waals surface area contributed by atoms with E-state index in [1.807, 2.05) is 0 Å². The lowest BCUT2D eigenvalue weighted by Gasteiger charge is -2.09. The van der Waals surface area contributed by atoms with Crippen molar-refractivity contribution in [1.29, 1.82) is 0 Å². The predicted octanol–water partition coefficient (Wildman–Crippen LogP) is -1.96. The van der Waals surface area contributed by atoms with Crippen molar-refractivity contribution in [2.24, 2.45) is 5.73 Å². The number of anilines is 1. The maximum atomic E-state index is 11.5. The standard InChI is InChI=1S/C10H17N5O3/c1-5-9(11)6(2)15(14-5)4-8(17)13-3-7(16)10(12)18/h7,16H,3-4,11H2,1-2H3,(H2,12,18)(H,13,17). The van der Waals surface area contributed by atoms with E-state index < -0.39 is 12.0 Å². The van der Waals surface area contributed by atoms with Gasteiger partial charge in [-0.2, -0.15) is 5.10 Å². The first-order chi connectivity index (χ1) is 8.32. The zero-order valence-electron chi connectivity index (χ0n) is 10.3. The Morgan fingerprint density at radius 3 is 2.56 bits per heavy atom. The number of hydrogen-bond donors (Lipinski definition) is 4. The molecule has 0 aliphatic carbocycles. The summed E-state index contributed by atoms with van der Waals surface area (Å²) in [6.07, 6.45) is -1.39. The van der Waals surface area contributed by atoms with Gasteiger partial charge < -0.3 is 21.9 Å². The maximum absolute atomic E-state index is 11.5. The Kier molecular flexibility index (Phi) is 4.27. The van der Waals surface area contributed by atoms with E-state index in [9.17, 15) is 9.59 Å². The van der Waals surface area contributed by atoms with Gasteiger partial charge in [0.1, 0.15) is 12.6 Å². The average Bonchev–Trinajstić information content (AvgIpc) is 2.54. The molecule has 1 unspecified atom stereocenters. The Labute approximate surface area is 104 Å². The topological polar surface area (TPSA) is 136 Å². The molecule has 0 saturated heterocycles. The molecular weight excluding hydrogens is 238 g/mol. The highest BCUT2D eigenvalue weighted by atomic mass is 16.3. The first-order valence-electron chi connectivity index (χ1n) is 5.36. The number of nitrogens with two attached hydrogens (primary N) is 2. The zero-order valence-corrected chi connectivity index (χ0v) is 10.3. The minimum absolute atomic E-state index is 0.0324. The monoisotopic (exact) mass is 255 g/mol. The lowest BCUT2D eigenvalue weighted by molar-refractivity contribution is -0.127. The molecule has 0 aliphatic rings. The Morgan fingerprint density at radius 1 is 1.50 bits per heavy atom. The van der Waals surface area contributed by atoms with Crippen molar-refractivity contribution in [3.63, 3.8) is 0 Å². The number of primary amides is 1. The quantitative estimate of drug-likeness (QED) is 0.484. The Bertz CT molecular complexity index is 468. The summed E-state index contributed by atoms with van der Waals surface area (Å²) in [4.78, 5) is 22.1. The van der Waals surface area contributed by atoms with Gasteiger partial charge in [0.05, 0.1) is 23.6 Å². The number of aryl methyl sites for hydroxylation is 1. The number of amides is 2. The van der Waals surface area contributed by atoms with Crippen LogP contribution in [0.15, 0.2) is 0 Å². The summed E-state index contributed by atoms with van der Waals surface area (Å²) in [5, 5.41) is 15.6. The number of hydrogen-bond acceptors (Lipinski definition) is 5. The van der Waals surface area contributed by atoms with Crippen molar-refractivity contribution < 1.29 is 14.7 Å². The molecule has 1 rings (SSSR count). The van der Waals surface area contributed by atoms with Crippen LogP contribution in [0.5, 0.6) is 0 Å². The number of carbonyl (C=O) groups is 2. The second kappa shape index (κ2) is 5.50. The minimum atomic E-state index is -1.39. The van der Waals surface area contributed by atoms with Gasteiger partial charge in [-0.05, 0) is 13.8 Å². The van der Waals surface area contributed by atoms with Crippen LogP contribution in [0, 0.1) is 13.8 Å². The van der Waals surface area contributed by atoms with Crippen molar-refractivity contribution in [2.75, 3.05) is 12.3 Å². The third kappa shape index (κ3) is 3.20. The van der Waals surface area contributed by atoms with Crippen molar-refractivity contribution in [3.05, 3.63) is 11.4 Å². The molecule has 1 aromatic rings. The molecule has 6 N–H and O–H groups in total. The first kappa shape index (κ1) is 14.0. The molecule has 8 nitrogen and oxygen atoms in total. The first-order valence-corrected chi connectivity index (χ1v) is 5.36. The SMILES string of the molecule is Cc1nn(CC(=O)NCC(O)C(N)=O)c(C)c1N. The van der Waals surface area contributed by atoms with Crippen LogP contribution in [0.4, 0.5) is 5.69 Å². The highest BCUT2D eigenvalue weighted by molar-refractivity contribution is 5.80. The van der Waals surface area contributed by atoms with Crippen LogP contribution in [0.1, 0.15) is 11.4 Å². The van der Waals surface area contributed by atoms with E-state index in [-0.39, 0.29) is 19.0 Å². The molecule has 0 saturated carbocycles. The third-order valence-electron chi connectivity index (χ3n) is 2.55. The number of rotatable bonds is 5. The fourth-order valence-electron chi connectivity index (χ4n) is 1.37. The normalized spacial score (nSPS) is 12.2. The molecule has 0 aromatic carbocycles. The fourth-order valence-corrected chi connectivity index (χ4v) is 1.37. The number of aliphatic hydroxyl groups is 1. The third-order valence-corrected chi connectivity index (χ3v) is 2.55. The van der Waals surface area contributed by atoms with Crippen LogP contribution in [0.25, 0.3) is 0 Å². The molecule has 0 spiro atoms. The van der Waals surface area contributed by atoms with Crippen molar-refractivity contribution in [3.8, 4) is 0 Å². The molecule has 100 valence electrons. The van der Waals surface area contributed by atoms with Crippen LogP contribution in [-0.2, 0) is 16.1 Å². The van der Waals surface area contributed by atoms with Gasteiger partial charge in [0.25, 0.3) is 0 Å². The second-order valence-corrected chi connectivity index (χ2v) is 3.96. The van der Waals surface area contributed by atoms with E-state index >= 15 is 0 Å². The number of nitrogen functional groups attached to an aromatic ring is 1. The molecular formula is C10H17N5O3. The van der Waals surface area contributed by atoms with Crippen molar-refractivity contribution in [1.82, 2.24) is 15.1 Å². The summed E-state index contributed by atoms with van der Waals surface area (Å²) in [7, 11) is 0. The highest BCUT2D eigenvalue weighted by Crippen LogP contribution is 2.14. The minimum Gasteiger partial charge on any atom is -0.396 e. The summed E-state index contributed by atoms with van der Waals surface area (Å²) < 4.78 is 1.46. The van der Waals surface area contributed by atoms with Crippen LogP contribution in [-0.4, -0.2) is 39.4 Å². The maximum Gasteiger partial charge on any atom is 0.248 e. The Morgan fingerprint density at radius 2 is 2.11 bits per heavy atom. The van der Waals surface area contributed by atoms with E-state index in [0.717, 1.165) is 0 Å². The van der Waals surface area contributed by atoms with Gasteiger partial charge in [-0.1, -0.05) is 0 Å². The van der Waals surface area contributed by atoms with Crippen LogP contribution in [0.3, 0.4) is 0 Å². The number of nitrogens with one attached hydrogen (secondary N) is 1. The Balaban J connectivity index is 2.55. The molecule has 1 aromatic heterocycles. The van der Waals surface area contributed by atoms with Gasteiger partial charge in [0.15, 0.2) is 0 Å². The largest absolute Gasteiger partial charge is 0.396 e. The molecule has 1 atom stereocenters. The number of nitrogens with zero attached hydrogens (tertiary/aromatic N) is 2. The van der Waals surface area contributed by atoms with Crippen molar-refractivity contribution in [2.45, 2.75) is 26.5 Å². The summed E-state index contributed by atoms with van der Waals surface area (Å²) in [6.45, 7) is 3.24. The molecule has 0 bridgehead atoms. The summed E-state index contributed by atoms with van der Waals surface area (Å²) in [5.74, 6) is -1.27. The fraction of sp³-hybridized carbons (Fsp3) is 0.500. The second-order valence-electron chi connectivity index (χ2n) is 3.96. The number of aromatic nitrogens is 2. The van der Waals surface area contributed by atoms with Crippen LogP contribution in [0.2, 0.25) is 0 Å². The zero-order chi connectivity index (χ0) is 13.9. The molecule has 0 radical (unpaired) electrons. The molecule has 8 heteroatoms. The van der Waals surface area contributed by atoms with E-state index in [0.29, 0.717) is 17.1 Å². The summed E-state index contributed by atoms with van der Waals surface area (Å²) in [6, 6.07) is 0. The van der Waals surface area contributed by atoms with Crippen LogP contribution < -0.4 is 16.8 Å². The summed E-state index contributed by atoms with van der Waals surface area (Å²) >= 11 is 0. The van der Waals surface area contributed by atoms with E-state index in [1.165, 1.54) is 4.68 Å². The number of aliphatic hydroxyl groups excluding tert-OH is 1. The molecule has 2 amide bonds. The van der Waals surface area contributed by atoms with Crippen LogP contribution >= 0.6 is 0 Å². The Hall–Kier alpha value is -2.09.